The van der Waals surface area contributed by atoms with Crippen LogP contribution in [0, 0.1) is 11.3 Å². The Morgan fingerprint density at radius 3 is 2.62 bits per heavy atom. The van der Waals surface area contributed by atoms with Crippen molar-refractivity contribution in [2.24, 2.45) is 11.3 Å². The van der Waals surface area contributed by atoms with Gasteiger partial charge in [-0.25, -0.2) is 0 Å². The molecule has 2 atom stereocenters. The first-order valence-corrected chi connectivity index (χ1v) is 5.37. The Morgan fingerprint density at radius 1 is 1.38 bits per heavy atom. The topological polar surface area (TPSA) is 32.3 Å². The summed E-state index contributed by atoms with van der Waals surface area (Å²) in [7, 11) is 0. The minimum Gasteiger partial charge on any atom is -0.396 e. The van der Waals surface area contributed by atoms with Crippen LogP contribution >= 0.6 is 0 Å². The predicted octanol–water partition coefficient (Wildman–Crippen LogP) is 1.78. The normalized spacial score (nSPS) is 29.5. The van der Waals surface area contributed by atoms with Crippen LogP contribution < -0.4 is 5.32 Å². The molecular formula is C11H23NO. The third-order valence-corrected chi connectivity index (χ3v) is 2.81. The van der Waals surface area contributed by atoms with E-state index in [0.29, 0.717) is 18.1 Å². The molecule has 0 aliphatic carbocycles. The van der Waals surface area contributed by atoms with Crippen molar-refractivity contribution in [2.45, 2.75) is 46.1 Å². The fourth-order valence-corrected chi connectivity index (χ4v) is 2.33. The summed E-state index contributed by atoms with van der Waals surface area (Å²) in [5, 5.41) is 12.4. The number of hydrogen-bond donors (Lipinski definition) is 2. The van der Waals surface area contributed by atoms with Gasteiger partial charge in [-0.2, -0.15) is 0 Å². The number of aliphatic hydroxyl groups is 1. The highest BCUT2D eigenvalue weighted by atomic mass is 16.3. The Hall–Kier alpha value is -0.0800. The highest BCUT2D eigenvalue weighted by Crippen LogP contribution is 2.31. The molecule has 1 saturated heterocycles. The number of nitrogens with one attached hydrogen (secondary N) is 1. The number of aliphatic hydroxyl groups excluding tert-OH is 1. The van der Waals surface area contributed by atoms with Crippen LogP contribution in [0.5, 0.6) is 0 Å². The Kier molecular flexibility index (Phi) is 3.74. The third kappa shape index (κ3) is 3.65. The van der Waals surface area contributed by atoms with Gasteiger partial charge in [0.25, 0.3) is 0 Å². The molecular weight excluding hydrogens is 162 g/mol. The first-order valence-electron chi connectivity index (χ1n) is 5.37. The largest absolute Gasteiger partial charge is 0.396 e. The molecule has 0 saturated carbocycles. The average Bonchev–Trinajstić information content (AvgIpc) is 2.34. The molecule has 78 valence electrons. The monoisotopic (exact) mass is 185 g/mol. The molecule has 0 spiro atoms. The van der Waals surface area contributed by atoms with E-state index in [9.17, 15) is 0 Å². The van der Waals surface area contributed by atoms with Gasteiger partial charge < -0.3 is 10.4 Å². The van der Waals surface area contributed by atoms with Crippen molar-refractivity contribution in [1.82, 2.24) is 5.32 Å². The Labute approximate surface area is 81.7 Å². The van der Waals surface area contributed by atoms with Crippen LogP contribution in [0.3, 0.4) is 0 Å². The molecule has 2 unspecified atom stereocenters. The van der Waals surface area contributed by atoms with Gasteiger partial charge in [0.1, 0.15) is 0 Å². The molecule has 2 nitrogen and oxygen atoms in total. The molecule has 0 amide bonds. The highest BCUT2D eigenvalue weighted by molar-refractivity contribution is 4.86. The summed E-state index contributed by atoms with van der Waals surface area (Å²) in [6, 6.07) is 0.559. The zero-order valence-corrected chi connectivity index (χ0v) is 9.14. The molecule has 0 aromatic carbocycles. The molecule has 1 rings (SSSR count). The van der Waals surface area contributed by atoms with Crippen LogP contribution in [-0.4, -0.2) is 24.3 Å². The van der Waals surface area contributed by atoms with Gasteiger partial charge in [0.05, 0.1) is 0 Å². The summed E-state index contributed by atoms with van der Waals surface area (Å²) in [6.45, 7) is 8.33. The standard InChI is InChI=1S/C11H23NO/c1-11(2,3)8-9-4-6-12-10(9)5-7-13/h9-10,12-13H,4-8H2,1-3H3. The average molecular weight is 185 g/mol. The van der Waals surface area contributed by atoms with Crippen molar-refractivity contribution in [1.29, 1.82) is 0 Å². The quantitative estimate of drug-likeness (QED) is 0.702. The van der Waals surface area contributed by atoms with Crippen molar-refractivity contribution in [3.8, 4) is 0 Å². The van der Waals surface area contributed by atoms with Gasteiger partial charge in [-0.15, -0.1) is 0 Å². The molecule has 1 aliphatic rings. The molecule has 1 heterocycles. The lowest BCUT2D eigenvalue weighted by molar-refractivity contribution is 0.225. The summed E-state index contributed by atoms with van der Waals surface area (Å²) in [6.07, 6.45) is 3.47. The maximum atomic E-state index is 8.90. The SMILES string of the molecule is CC(C)(C)CC1CCNC1CCO. The number of hydrogen-bond acceptors (Lipinski definition) is 2. The van der Waals surface area contributed by atoms with E-state index in [-0.39, 0.29) is 0 Å². The van der Waals surface area contributed by atoms with E-state index in [1.807, 2.05) is 0 Å². The first kappa shape index (κ1) is 11.0. The molecule has 2 heteroatoms. The van der Waals surface area contributed by atoms with Crippen molar-refractivity contribution in [2.75, 3.05) is 13.2 Å². The van der Waals surface area contributed by atoms with Gasteiger partial charge in [-0.05, 0) is 37.1 Å². The summed E-state index contributed by atoms with van der Waals surface area (Å²) in [4.78, 5) is 0. The lowest BCUT2D eigenvalue weighted by Gasteiger charge is -2.26. The fraction of sp³-hybridized carbons (Fsp3) is 1.00. The van der Waals surface area contributed by atoms with Gasteiger partial charge in [-0.1, -0.05) is 20.8 Å². The summed E-state index contributed by atoms with van der Waals surface area (Å²) in [5.41, 5.74) is 0.421. The zero-order chi connectivity index (χ0) is 9.90. The molecule has 1 aliphatic heterocycles. The van der Waals surface area contributed by atoms with Crippen molar-refractivity contribution in [3.05, 3.63) is 0 Å². The second-order valence-corrected chi connectivity index (χ2v) is 5.39. The Bertz CT molecular complexity index is 151. The van der Waals surface area contributed by atoms with Crippen molar-refractivity contribution < 1.29 is 5.11 Å². The molecule has 2 N–H and O–H groups in total. The molecule has 0 aromatic heterocycles. The van der Waals surface area contributed by atoms with Crippen molar-refractivity contribution in [3.63, 3.8) is 0 Å². The number of rotatable bonds is 3. The molecule has 0 radical (unpaired) electrons. The van der Waals surface area contributed by atoms with Crippen molar-refractivity contribution >= 4 is 0 Å². The van der Waals surface area contributed by atoms with Crippen LogP contribution in [0.15, 0.2) is 0 Å². The summed E-state index contributed by atoms with van der Waals surface area (Å²) < 4.78 is 0. The van der Waals surface area contributed by atoms with E-state index in [1.54, 1.807) is 0 Å². The smallest absolute Gasteiger partial charge is 0.0445 e. The van der Waals surface area contributed by atoms with Crippen LogP contribution in [0.1, 0.15) is 40.0 Å². The second kappa shape index (κ2) is 4.43. The van der Waals surface area contributed by atoms with E-state index in [0.717, 1.165) is 18.9 Å². The first-order chi connectivity index (χ1) is 6.03. The Balaban J connectivity index is 2.39. The van der Waals surface area contributed by atoms with Gasteiger partial charge in [0, 0.05) is 12.6 Å². The summed E-state index contributed by atoms with van der Waals surface area (Å²) in [5.74, 6) is 0.771. The lowest BCUT2D eigenvalue weighted by atomic mass is 9.81. The van der Waals surface area contributed by atoms with Gasteiger partial charge in [0.15, 0.2) is 0 Å². The molecule has 1 fully saturated rings. The molecule has 0 bridgehead atoms. The zero-order valence-electron chi connectivity index (χ0n) is 9.14. The minimum atomic E-state index is 0.318. The maximum absolute atomic E-state index is 8.90. The van der Waals surface area contributed by atoms with E-state index in [2.05, 4.69) is 26.1 Å². The van der Waals surface area contributed by atoms with E-state index >= 15 is 0 Å². The second-order valence-electron chi connectivity index (χ2n) is 5.39. The van der Waals surface area contributed by atoms with Crippen LogP contribution in [0.4, 0.5) is 0 Å². The van der Waals surface area contributed by atoms with E-state index in [4.69, 9.17) is 5.11 Å². The Morgan fingerprint density at radius 2 is 2.08 bits per heavy atom. The van der Waals surface area contributed by atoms with E-state index in [1.165, 1.54) is 12.8 Å². The summed E-state index contributed by atoms with van der Waals surface area (Å²) >= 11 is 0. The van der Waals surface area contributed by atoms with Crippen LogP contribution in [-0.2, 0) is 0 Å². The molecule has 13 heavy (non-hydrogen) atoms. The molecule has 0 aromatic rings. The predicted molar refractivity (Wildman–Crippen MR) is 55.7 cm³/mol. The minimum absolute atomic E-state index is 0.318. The van der Waals surface area contributed by atoms with Gasteiger partial charge >= 0.3 is 0 Å². The third-order valence-electron chi connectivity index (χ3n) is 2.81. The van der Waals surface area contributed by atoms with Gasteiger partial charge in [-0.3, -0.25) is 0 Å². The maximum Gasteiger partial charge on any atom is 0.0445 e. The van der Waals surface area contributed by atoms with Gasteiger partial charge in [0.2, 0.25) is 0 Å². The highest BCUT2D eigenvalue weighted by Gasteiger charge is 2.29. The van der Waals surface area contributed by atoms with Crippen LogP contribution in [0.25, 0.3) is 0 Å². The lowest BCUT2D eigenvalue weighted by Crippen LogP contribution is -2.30. The fourth-order valence-electron chi connectivity index (χ4n) is 2.33. The van der Waals surface area contributed by atoms with E-state index < -0.39 is 0 Å². The van der Waals surface area contributed by atoms with Crippen LogP contribution in [0.2, 0.25) is 0 Å².